The second-order valence-electron chi connectivity index (χ2n) is 7.02. The quantitative estimate of drug-likeness (QED) is 0.348. The first-order valence-corrected chi connectivity index (χ1v) is 11.9. The van der Waals surface area contributed by atoms with Gasteiger partial charge in [-0.1, -0.05) is 29.3 Å². The molecule has 0 radical (unpaired) electrons. The summed E-state index contributed by atoms with van der Waals surface area (Å²) in [6.45, 7) is 0. The zero-order valence-electron chi connectivity index (χ0n) is 16.7. The minimum Gasteiger partial charge on any atom is -0.476 e. The van der Waals surface area contributed by atoms with Crippen LogP contribution in [0.4, 0.5) is 15.6 Å². The lowest BCUT2D eigenvalue weighted by Gasteiger charge is -2.09. The number of H-pyrrole nitrogens is 1. The summed E-state index contributed by atoms with van der Waals surface area (Å²) in [6, 6.07) is 2.09. The number of carboxylic acid groups (broad SMARTS) is 1. The van der Waals surface area contributed by atoms with Crippen molar-refractivity contribution in [3.05, 3.63) is 29.7 Å². The van der Waals surface area contributed by atoms with Crippen molar-refractivity contribution in [3.8, 4) is 0 Å². The number of pyridine rings is 1. The standard InChI is InChI=1S/C17H16N8O6S2/c26-12(8-3-1-2-4-8)10-7-9(5-6-18-10)19-15(29)21-16-20-11(13(27)28)14(32-16)33(30,31)17-22-24-25-23-17/h5-8H,1-4H2,(H,27,28)(H,22,23,24,25)(H2,18,19,20,21,29). The van der Waals surface area contributed by atoms with Gasteiger partial charge in [0, 0.05) is 17.8 Å². The summed E-state index contributed by atoms with van der Waals surface area (Å²) in [5.41, 5.74) is -0.282. The van der Waals surface area contributed by atoms with Crippen molar-refractivity contribution in [3.63, 3.8) is 0 Å². The first-order valence-electron chi connectivity index (χ1n) is 9.57. The monoisotopic (exact) mass is 492 g/mol. The lowest BCUT2D eigenvalue weighted by molar-refractivity contribution is 0.0687. The molecule has 3 aromatic heterocycles. The van der Waals surface area contributed by atoms with Crippen LogP contribution in [0.15, 0.2) is 27.7 Å². The SMILES string of the molecule is O=C(Nc1ccnc(C(=O)C2CCCC2)c1)Nc1nc(C(=O)O)c(S(=O)(=O)c2nnn[nH]2)s1. The van der Waals surface area contributed by atoms with Gasteiger partial charge in [-0.2, -0.15) is 0 Å². The molecule has 0 saturated heterocycles. The van der Waals surface area contributed by atoms with Crippen molar-refractivity contribution in [2.75, 3.05) is 10.6 Å². The summed E-state index contributed by atoms with van der Waals surface area (Å²) in [5.74, 6) is -1.78. The normalized spacial score (nSPS) is 14.2. The second kappa shape index (κ2) is 8.99. The number of anilines is 2. The number of urea groups is 1. The smallest absolute Gasteiger partial charge is 0.356 e. The van der Waals surface area contributed by atoms with Gasteiger partial charge in [0.25, 0.3) is 15.0 Å². The summed E-state index contributed by atoms with van der Waals surface area (Å²) >= 11 is 0.423. The van der Waals surface area contributed by atoms with Gasteiger partial charge in [-0.3, -0.25) is 15.1 Å². The van der Waals surface area contributed by atoms with Crippen LogP contribution in [0.1, 0.15) is 46.7 Å². The number of sulfone groups is 1. The third-order valence-corrected chi connectivity index (χ3v) is 7.88. The minimum absolute atomic E-state index is 0.0775. The van der Waals surface area contributed by atoms with Crippen molar-refractivity contribution >= 4 is 49.8 Å². The van der Waals surface area contributed by atoms with E-state index in [-0.39, 0.29) is 28.2 Å². The Hall–Kier alpha value is -3.79. The predicted octanol–water partition coefficient (Wildman–Crippen LogP) is 1.60. The van der Waals surface area contributed by atoms with Gasteiger partial charge >= 0.3 is 12.0 Å². The van der Waals surface area contributed by atoms with Crippen molar-refractivity contribution < 1.29 is 27.9 Å². The predicted molar refractivity (Wildman–Crippen MR) is 112 cm³/mol. The molecule has 4 N–H and O–H groups in total. The summed E-state index contributed by atoms with van der Waals surface area (Å²) in [6.07, 6.45) is 4.99. The molecule has 1 fully saturated rings. The van der Waals surface area contributed by atoms with Gasteiger partial charge in [-0.25, -0.2) is 28.1 Å². The average Bonchev–Trinajstić information content (AvgIpc) is 3.55. The van der Waals surface area contributed by atoms with Crippen LogP contribution in [0.3, 0.4) is 0 Å². The number of thiazole rings is 1. The molecule has 1 saturated carbocycles. The number of amides is 2. The summed E-state index contributed by atoms with van der Waals surface area (Å²) in [5, 5.41) is 24.8. The Bertz CT molecular complexity index is 1310. The number of hydrogen-bond acceptors (Lipinski definition) is 11. The van der Waals surface area contributed by atoms with E-state index in [1.807, 2.05) is 0 Å². The van der Waals surface area contributed by atoms with E-state index in [2.05, 4.69) is 41.2 Å². The maximum Gasteiger partial charge on any atom is 0.356 e. The molecule has 16 heteroatoms. The number of aromatic carboxylic acids is 1. The summed E-state index contributed by atoms with van der Waals surface area (Å²) in [4.78, 5) is 44.2. The maximum absolute atomic E-state index is 12.6. The molecule has 4 rings (SSSR count). The highest BCUT2D eigenvalue weighted by molar-refractivity contribution is 7.93. The molecule has 0 aliphatic heterocycles. The number of nitrogens with one attached hydrogen (secondary N) is 3. The van der Waals surface area contributed by atoms with Crippen LogP contribution >= 0.6 is 11.3 Å². The number of rotatable bonds is 7. The van der Waals surface area contributed by atoms with Gasteiger partial charge in [0.1, 0.15) is 5.69 Å². The molecule has 14 nitrogen and oxygen atoms in total. The first-order chi connectivity index (χ1) is 15.8. The Morgan fingerprint density at radius 2 is 1.94 bits per heavy atom. The molecule has 3 heterocycles. The number of carboxylic acids is 1. The van der Waals surface area contributed by atoms with Crippen molar-refractivity contribution in [2.24, 2.45) is 5.92 Å². The van der Waals surface area contributed by atoms with Gasteiger partial charge in [0.15, 0.2) is 20.8 Å². The number of aromatic amines is 1. The van der Waals surface area contributed by atoms with Gasteiger partial charge in [-0.15, -0.1) is 0 Å². The zero-order chi connectivity index (χ0) is 23.6. The Labute approximate surface area is 189 Å². The fourth-order valence-electron chi connectivity index (χ4n) is 3.33. The van der Waals surface area contributed by atoms with E-state index in [0.717, 1.165) is 25.7 Å². The molecule has 0 spiro atoms. The number of carbonyl (C=O) groups excluding carboxylic acids is 2. The topological polar surface area (TPSA) is 210 Å². The minimum atomic E-state index is -4.40. The van der Waals surface area contributed by atoms with Gasteiger partial charge in [0.2, 0.25) is 0 Å². The molecule has 0 aromatic carbocycles. The number of tetrazole rings is 1. The molecule has 33 heavy (non-hydrogen) atoms. The van der Waals surface area contributed by atoms with Gasteiger partial charge < -0.3 is 10.4 Å². The Morgan fingerprint density at radius 1 is 1.18 bits per heavy atom. The molecule has 0 bridgehead atoms. The molecule has 1 aliphatic rings. The highest BCUT2D eigenvalue weighted by Crippen LogP contribution is 2.31. The van der Waals surface area contributed by atoms with Crippen LogP contribution in [0, 0.1) is 5.92 Å². The average molecular weight is 492 g/mol. The van der Waals surface area contributed by atoms with E-state index >= 15 is 0 Å². The van der Waals surface area contributed by atoms with E-state index in [4.69, 9.17) is 0 Å². The fraction of sp³-hybridized carbons (Fsp3) is 0.294. The van der Waals surface area contributed by atoms with Crippen LogP contribution < -0.4 is 10.6 Å². The fourth-order valence-corrected chi connectivity index (χ4v) is 5.80. The van der Waals surface area contributed by atoms with Crippen LogP contribution in [0.25, 0.3) is 0 Å². The third kappa shape index (κ3) is 4.70. The number of Topliss-reactive ketones (excluding diaryl/α,β-unsaturated/α-hetero) is 1. The summed E-state index contributed by atoms with van der Waals surface area (Å²) in [7, 11) is -4.40. The van der Waals surface area contributed by atoms with E-state index in [1.165, 1.54) is 18.3 Å². The largest absolute Gasteiger partial charge is 0.476 e. The third-order valence-electron chi connectivity index (χ3n) is 4.84. The van der Waals surface area contributed by atoms with E-state index < -0.39 is 36.9 Å². The van der Waals surface area contributed by atoms with E-state index in [1.54, 1.807) is 0 Å². The van der Waals surface area contributed by atoms with Crippen LogP contribution in [-0.4, -0.2) is 61.9 Å². The molecular formula is C17H16N8O6S2. The molecule has 0 unspecified atom stereocenters. The number of aromatic nitrogens is 6. The number of hydrogen-bond donors (Lipinski definition) is 4. The van der Waals surface area contributed by atoms with Crippen LogP contribution in [-0.2, 0) is 9.84 Å². The molecule has 3 aromatic rings. The summed E-state index contributed by atoms with van der Waals surface area (Å²) < 4.78 is 24.5. The van der Waals surface area contributed by atoms with Crippen LogP contribution in [0.5, 0.6) is 0 Å². The lowest BCUT2D eigenvalue weighted by Crippen LogP contribution is -2.20. The Morgan fingerprint density at radius 3 is 2.61 bits per heavy atom. The van der Waals surface area contributed by atoms with E-state index in [9.17, 15) is 27.9 Å². The van der Waals surface area contributed by atoms with Crippen LogP contribution in [0.2, 0.25) is 0 Å². The highest BCUT2D eigenvalue weighted by Gasteiger charge is 2.32. The molecule has 2 amide bonds. The number of carbonyl (C=O) groups is 3. The van der Waals surface area contributed by atoms with Crippen molar-refractivity contribution in [1.29, 1.82) is 0 Å². The highest BCUT2D eigenvalue weighted by atomic mass is 32.2. The lowest BCUT2D eigenvalue weighted by atomic mass is 9.99. The Balaban J connectivity index is 1.51. The van der Waals surface area contributed by atoms with Gasteiger partial charge in [0.05, 0.1) is 0 Å². The Kier molecular flexibility index (Phi) is 6.10. The number of nitrogens with zero attached hydrogens (tertiary/aromatic N) is 5. The first kappa shape index (κ1) is 22.4. The molecule has 0 atom stereocenters. The molecular weight excluding hydrogens is 476 g/mol. The zero-order valence-corrected chi connectivity index (χ0v) is 18.3. The van der Waals surface area contributed by atoms with Gasteiger partial charge in [-0.05, 0) is 35.4 Å². The maximum atomic E-state index is 12.6. The second-order valence-corrected chi connectivity index (χ2v) is 10.1. The van der Waals surface area contributed by atoms with Crippen molar-refractivity contribution in [1.82, 2.24) is 30.6 Å². The molecule has 172 valence electrons. The van der Waals surface area contributed by atoms with Crippen molar-refractivity contribution in [2.45, 2.75) is 35.0 Å². The van der Waals surface area contributed by atoms with E-state index in [0.29, 0.717) is 11.3 Å². The molecule has 1 aliphatic carbocycles. The number of ketones is 1.